The lowest BCUT2D eigenvalue weighted by Gasteiger charge is -2.17. The van der Waals surface area contributed by atoms with Crippen molar-refractivity contribution in [3.63, 3.8) is 0 Å². The van der Waals surface area contributed by atoms with Crippen molar-refractivity contribution in [3.8, 4) is 6.07 Å². The summed E-state index contributed by atoms with van der Waals surface area (Å²) >= 11 is 0. The molecule has 0 saturated heterocycles. The number of rotatable bonds is 1. The molecule has 0 atom stereocenters. The Hall–Kier alpha value is -0.810. The lowest BCUT2D eigenvalue weighted by molar-refractivity contribution is 0.339. The number of allylic oxidation sites excluding steroid dienone is 1. The van der Waals surface area contributed by atoms with Crippen molar-refractivity contribution >= 4 is 0 Å². The Bertz CT molecular complexity index is 180. The van der Waals surface area contributed by atoms with Crippen molar-refractivity contribution in [1.29, 1.82) is 5.26 Å². The van der Waals surface area contributed by atoms with Crippen LogP contribution in [0.5, 0.6) is 0 Å². The fourth-order valence-corrected chi connectivity index (χ4v) is 1.45. The normalized spacial score (nSPS) is 24.4. The molecule has 0 amide bonds. The molecule has 1 aliphatic rings. The first kappa shape index (κ1) is 8.29. The van der Waals surface area contributed by atoms with Gasteiger partial charge in [0.05, 0.1) is 12.7 Å². The first-order chi connectivity index (χ1) is 5.36. The number of nitrogens with zero attached hydrogens (tertiary/aromatic N) is 1. The Balaban J connectivity index is 2.37. The van der Waals surface area contributed by atoms with Gasteiger partial charge in [0.1, 0.15) is 0 Å². The topological polar surface area (TPSA) is 44.0 Å². The number of hydrogen-bond donors (Lipinski definition) is 1. The number of hydrogen-bond acceptors (Lipinski definition) is 2. The van der Waals surface area contributed by atoms with Crippen LogP contribution in [0.4, 0.5) is 0 Å². The average Bonchev–Trinajstić information content (AvgIpc) is 2.07. The van der Waals surface area contributed by atoms with Crippen LogP contribution < -0.4 is 0 Å². The monoisotopic (exact) mass is 151 g/mol. The SMILES string of the molecule is N#CC1CCC(=CCO)CC1. The van der Waals surface area contributed by atoms with E-state index in [-0.39, 0.29) is 12.5 Å². The summed E-state index contributed by atoms with van der Waals surface area (Å²) in [4.78, 5) is 0. The van der Waals surface area contributed by atoms with Crippen molar-refractivity contribution in [3.05, 3.63) is 11.6 Å². The van der Waals surface area contributed by atoms with Gasteiger partial charge in [-0.1, -0.05) is 11.6 Å². The lowest BCUT2D eigenvalue weighted by Crippen LogP contribution is -2.05. The van der Waals surface area contributed by atoms with E-state index in [2.05, 4.69) is 6.07 Å². The molecule has 1 fully saturated rings. The van der Waals surface area contributed by atoms with Crippen LogP contribution >= 0.6 is 0 Å². The second-order valence-corrected chi connectivity index (χ2v) is 2.95. The summed E-state index contributed by atoms with van der Waals surface area (Å²) in [5.74, 6) is 0.255. The molecule has 0 aromatic rings. The van der Waals surface area contributed by atoms with Crippen LogP contribution in [0.1, 0.15) is 25.7 Å². The minimum Gasteiger partial charge on any atom is -0.392 e. The average molecular weight is 151 g/mol. The number of aliphatic hydroxyl groups is 1. The molecule has 1 saturated carbocycles. The van der Waals surface area contributed by atoms with Gasteiger partial charge in [0.2, 0.25) is 0 Å². The summed E-state index contributed by atoms with van der Waals surface area (Å²) in [7, 11) is 0. The molecule has 0 radical (unpaired) electrons. The molecule has 60 valence electrons. The third-order valence-electron chi connectivity index (χ3n) is 2.19. The molecule has 11 heavy (non-hydrogen) atoms. The van der Waals surface area contributed by atoms with Crippen LogP contribution in [0, 0.1) is 17.2 Å². The summed E-state index contributed by atoms with van der Waals surface area (Å²) in [6.07, 6.45) is 5.82. The van der Waals surface area contributed by atoms with Gasteiger partial charge in [0, 0.05) is 5.92 Å². The van der Waals surface area contributed by atoms with E-state index >= 15 is 0 Å². The number of aliphatic hydroxyl groups excluding tert-OH is 1. The maximum absolute atomic E-state index is 8.60. The quantitative estimate of drug-likeness (QED) is 0.579. The van der Waals surface area contributed by atoms with E-state index in [0.717, 1.165) is 25.7 Å². The van der Waals surface area contributed by atoms with Gasteiger partial charge >= 0.3 is 0 Å². The van der Waals surface area contributed by atoms with Crippen LogP contribution in [-0.2, 0) is 0 Å². The maximum atomic E-state index is 8.60. The van der Waals surface area contributed by atoms with Crippen molar-refractivity contribution in [2.45, 2.75) is 25.7 Å². The van der Waals surface area contributed by atoms with Crippen LogP contribution in [0.2, 0.25) is 0 Å². The summed E-state index contributed by atoms with van der Waals surface area (Å²) in [5, 5.41) is 17.2. The fraction of sp³-hybridized carbons (Fsp3) is 0.667. The molecule has 0 unspecified atom stereocenters. The zero-order valence-electron chi connectivity index (χ0n) is 6.58. The van der Waals surface area contributed by atoms with Gasteiger partial charge in [0.15, 0.2) is 0 Å². The molecule has 0 aromatic carbocycles. The second-order valence-electron chi connectivity index (χ2n) is 2.95. The lowest BCUT2D eigenvalue weighted by atomic mass is 9.87. The predicted octanol–water partition coefficient (Wildman–Crippen LogP) is 1.62. The number of nitriles is 1. The highest BCUT2D eigenvalue weighted by atomic mass is 16.2. The molecule has 1 rings (SSSR count). The highest BCUT2D eigenvalue weighted by Crippen LogP contribution is 2.27. The second kappa shape index (κ2) is 4.15. The first-order valence-electron chi connectivity index (χ1n) is 4.05. The molecule has 2 heteroatoms. The van der Waals surface area contributed by atoms with Gasteiger partial charge in [-0.25, -0.2) is 0 Å². The highest BCUT2D eigenvalue weighted by molar-refractivity contribution is 5.07. The molecule has 0 aliphatic heterocycles. The maximum Gasteiger partial charge on any atom is 0.0656 e. The molecule has 2 nitrogen and oxygen atoms in total. The summed E-state index contributed by atoms with van der Waals surface area (Å²) in [6, 6.07) is 2.28. The van der Waals surface area contributed by atoms with E-state index in [4.69, 9.17) is 10.4 Å². The van der Waals surface area contributed by atoms with Crippen LogP contribution in [0.3, 0.4) is 0 Å². The van der Waals surface area contributed by atoms with Gasteiger partial charge in [-0.05, 0) is 25.7 Å². The minimum atomic E-state index is 0.145. The molecule has 0 aromatic heterocycles. The van der Waals surface area contributed by atoms with E-state index in [9.17, 15) is 0 Å². The standard InChI is InChI=1S/C9H13NO/c10-7-9-3-1-8(2-4-9)5-6-11/h5,9,11H,1-4,6H2. The molecule has 0 bridgehead atoms. The summed E-state index contributed by atoms with van der Waals surface area (Å²) < 4.78 is 0. The zero-order chi connectivity index (χ0) is 8.10. The first-order valence-corrected chi connectivity index (χ1v) is 4.05. The largest absolute Gasteiger partial charge is 0.392 e. The van der Waals surface area contributed by atoms with E-state index < -0.39 is 0 Å². The van der Waals surface area contributed by atoms with Crippen molar-refractivity contribution < 1.29 is 5.11 Å². The summed E-state index contributed by atoms with van der Waals surface area (Å²) in [6.45, 7) is 0.145. The third-order valence-corrected chi connectivity index (χ3v) is 2.19. The van der Waals surface area contributed by atoms with Crippen LogP contribution in [-0.4, -0.2) is 11.7 Å². The Morgan fingerprint density at radius 1 is 1.55 bits per heavy atom. The zero-order valence-corrected chi connectivity index (χ0v) is 6.58. The third kappa shape index (κ3) is 2.36. The van der Waals surface area contributed by atoms with Gasteiger partial charge in [-0.15, -0.1) is 0 Å². The molecule has 0 heterocycles. The Morgan fingerprint density at radius 2 is 2.18 bits per heavy atom. The minimum absolute atomic E-state index is 0.145. The van der Waals surface area contributed by atoms with Gasteiger partial charge < -0.3 is 5.11 Å². The molecule has 0 spiro atoms. The van der Waals surface area contributed by atoms with E-state index in [0.29, 0.717) is 0 Å². The summed E-state index contributed by atoms with van der Waals surface area (Å²) in [5.41, 5.74) is 1.32. The van der Waals surface area contributed by atoms with Gasteiger partial charge in [-0.3, -0.25) is 0 Å². The van der Waals surface area contributed by atoms with Crippen LogP contribution in [0.25, 0.3) is 0 Å². The Morgan fingerprint density at radius 3 is 2.64 bits per heavy atom. The predicted molar refractivity (Wildman–Crippen MR) is 42.7 cm³/mol. The van der Waals surface area contributed by atoms with E-state index in [1.165, 1.54) is 5.57 Å². The van der Waals surface area contributed by atoms with Crippen molar-refractivity contribution in [2.75, 3.05) is 6.61 Å². The molecular weight excluding hydrogens is 138 g/mol. The molecule has 1 aliphatic carbocycles. The van der Waals surface area contributed by atoms with Gasteiger partial charge in [0.25, 0.3) is 0 Å². The van der Waals surface area contributed by atoms with E-state index in [1.54, 1.807) is 0 Å². The van der Waals surface area contributed by atoms with Gasteiger partial charge in [-0.2, -0.15) is 5.26 Å². The fourth-order valence-electron chi connectivity index (χ4n) is 1.45. The van der Waals surface area contributed by atoms with Crippen LogP contribution in [0.15, 0.2) is 11.6 Å². The highest BCUT2D eigenvalue weighted by Gasteiger charge is 2.14. The smallest absolute Gasteiger partial charge is 0.0656 e. The Labute approximate surface area is 67.2 Å². The van der Waals surface area contributed by atoms with Crippen molar-refractivity contribution in [1.82, 2.24) is 0 Å². The molecular formula is C9H13NO. The van der Waals surface area contributed by atoms with Crippen molar-refractivity contribution in [2.24, 2.45) is 5.92 Å². The molecule has 1 N–H and O–H groups in total. The van der Waals surface area contributed by atoms with E-state index in [1.807, 2.05) is 6.08 Å². The Kier molecular flexibility index (Phi) is 3.13.